The monoisotopic (exact) mass is 263 g/mol. The number of carbonyl (C=O) groups is 2. The van der Waals surface area contributed by atoms with Crippen LogP contribution in [0.4, 0.5) is 5.69 Å². The minimum Gasteiger partial charge on any atom is -0.481 e. The molecule has 0 aliphatic carbocycles. The van der Waals surface area contributed by atoms with Crippen LogP contribution in [0.3, 0.4) is 0 Å². The van der Waals surface area contributed by atoms with E-state index in [0.29, 0.717) is 11.6 Å². The van der Waals surface area contributed by atoms with Crippen LogP contribution in [0.15, 0.2) is 24.3 Å². The lowest BCUT2D eigenvalue weighted by molar-refractivity contribution is -0.139. The lowest BCUT2D eigenvalue weighted by Crippen LogP contribution is -2.22. The molecule has 0 saturated heterocycles. The highest BCUT2D eigenvalue weighted by atomic mass is 16.4. The molecule has 104 valence electrons. The van der Waals surface area contributed by atoms with Gasteiger partial charge in [0.05, 0.1) is 6.42 Å². The molecule has 0 saturated carbocycles. The van der Waals surface area contributed by atoms with Gasteiger partial charge in [0, 0.05) is 11.6 Å². The maximum absolute atomic E-state index is 11.7. The highest BCUT2D eigenvalue weighted by molar-refractivity contribution is 5.94. The van der Waals surface area contributed by atoms with Gasteiger partial charge in [-0.3, -0.25) is 9.59 Å². The molecule has 2 unspecified atom stereocenters. The molecule has 19 heavy (non-hydrogen) atoms. The van der Waals surface area contributed by atoms with Crippen LogP contribution in [-0.2, 0) is 9.59 Å². The van der Waals surface area contributed by atoms with Gasteiger partial charge in [-0.05, 0) is 30.0 Å². The van der Waals surface area contributed by atoms with Crippen LogP contribution in [0.5, 0.6) is 0 Å². The van der Waals surface area contributed by atoms with E-state index in [9.17, 15) is 9.59 Å². The van der Waals surface area contributed by atoms with Gasteiger partial charge in [-0.25, -0.2) is 0 Å². The Kier molecular flexibility index (Phi) is 5.55. The van der Waals surface area contributed by atoms with E-state index in [1.165, 1.54) is 5.56 Å². The van der Waals surface area contributed by atoms with Gasteiger partial charge in [0.2, 0.25) is 5.91 Å². The summed E-state index contributed by atoms with van der Waals surface area (Å²) in [6, 6.07) is 7.69. The number of carbonyl (C=O) groups excluding carboxylic acids is 1. The van der Waals surface area contributed by atoms with Crippen molar-refractivity contribution in [2.45, 2.75) is 39.5 Å². The molecule has 0 heterocycles. The average Bonchev–Trinajstić information content (AvgIpc) is 2.37. The van der Waals surface area contributed by atoms with Crippen molar-refractivity contribution >= 4 is 17.6 Å². The van der Waals surface area contributed by atoms with Gasteiger partial charge in [-0.2, -0.15) is 0 Å². The van der Waals surface area contributed by atoms with E-state index in [0.717, 1.165) is 6.42 Å². The second-order valence-electron chi connectivity index (χ2n) is 4.92. The van der Waals surface area contributed by atoms with Crippen LogP contribution in [0, 0.1) is 5.92 Å². The van der Waals surface area contributed by atoms with Crippen LogP contribution >= 0.6 is 0 Å². The molecule has 1 aromatic rings. The van der Waals surface area contributed by atoms with Crippen LogP contribution < -0.4 is 5.32 Å². The second kappa shape index (κ2) is 6.92. The molecule has 1 rings (SSSR count). The number of rotatable bonds is 6. The zero-order chi connectivity index (χ0) is 14.4. The SMILES string of the molecule is CCC(C)c1ccc(NC(=O)C(C)CC(=O)O)cc1. The Labute approximate surface area is 113 Å². The molecule has 2 N–H and O–H groups in total. The predicted molar refractivity (Wildman–Crippen MR) is 75.2 cm³/mol. The van der Waals surface area contributed by atoms with Crippen molar-refractivity contribution in [2.75, 3.05) is 5.32 Å². The molecule has 4 heteroatoms. The van der Waals surface area contributed by atoms with Crippen LogP contribution in [-0.4, -0.2) is 17.0 Å². The summed E-state index contributed by atoms with van der Waals surface area (Å²) in [7, 11) is 0. The molecule has 0 fully saturated rings. The van der Waals surface area contributed by atoms with E-state index in [1.54, 1.807) is 6.92 Å². The first-order chi connectivity index (χ1) is 8.93. The molecule has 0 aliphatic rings. The standard InChI is InChI=1S/C15H21NO3/c1-4-10(2)12-5-7-13(8-6-12)16-15(19)11(3)9-14(17)18/h5-8,10-11H,4,9H2,1-3H3,(H,16,19)(H,17,18). The van der Waals surface area contributed by atoms with Crippen LogP contribution in [0.1, 0.15) is 45.1 Å². The van der Waals surface area contributed by atoms with E-state index in [4.69, 9.17) is 5.11 Å². The highest BCUT2D eigenvalue weighted by Gasteiger charge is 2.16. The Morgan fingerprint density at radius 3 is 2.26 bits per heavy atom. The number of amides is 1. The van der Waals surface area contributed by atoms with E-state index in [1.807, 2.05) is 24.3 Å². The summed E-state index contributed by atoms with van der Waals surface area (Å²) in [6.07, 6.45) is 0.915. The van der Waals surface area contributed by atoms with Crippen molar-refractivity contribution in [3.63, 3.8) is 0 Å². The molecule has 1 aromatic carbocycles. The zero-order valence-corrected chi connectivity index (χ0v) is 11.6. The number of carboxylic acid groups (broad SMARTS) is 1. The minimum absolute atomic E-state index is 0.156. The smallest absolute Gasteiger partial charge is 0.304 e. The Morgan fingerprint density at radius 1 is 1.21 bits per heavy atom. The summed E-state index contributed by atoms with van der Waals surface area (Å²) in [4.78, 5) is 22.3. The first-order valence-corrected chi connectivity index (χ1v) is 6.56. The Morgan fingerprint density at radius 2 is 1.79 bits per heavy atom. The van der Waals surface area contributed by atoms with Crippen LogP contribution in [0.2, 0.25) is 0 Å². The average molecular weight is 263 g/mol. The fourth-order valence-corrected chi connectivity index (χ4v) is 1.75. The summed E-state index contributed by atoms with van der Waals surface area (Å²) in [5, 5.41) is 11.4. The van der Waals surface area contributed by atoms with Gasteiger partial charge in [0.25, 0.3) is 0 Å². The maximum atomic E-state index is 11.7. The number of benzene rings is 1. The van der Waals surface area contributed by atoms with Gasteiger partial charge in [0.15, 0.2) is 0 Å². The van der Waals surface area contributed by atoms with Crippen molar-refractivity contribution in [1.29, 1.82) is 0 Å². The van der Waals surface area contributed by atoms with Gasteiger partial charge >= 0.3 is 5.97 Å². The third kappa shape index (κ3) is 4.73. The third-order valence-corrected chi connectivity index (χ3v) is 3.29. The molecule has 1 amide bonds. The number of nitrogens with one attached hydrogen (secondary N) is 1. The van der Waals surface area contributed by atoms with Crippen molar-refractivity contribution in [3.8, 4) is 0 Å². The van der Waals surface area contributed by atoms with Crippen molar-refractivity contribution < 1.29 is 14.7 Å². The predicted octanol–water partition coefficient (Wildman–Crippen LogP) is 3.25. The summed E-state index contributed by atoms with van der Waals surface area (Å²) in [5.41, 5.74) is 1.94. The summed E-state index contributed by atoms with van der Waals surface area (Å²) in [6.45, 7) is 5.90. The first-order valence-electron chi connectivity index (χ1n) is 6.56. The highest BCUT2D eigenvalue weighted by Crippen LogP contribution is 2.20. The number of hydrogen-bond acceptors (Lipinski definition) is 2. The summed E-state index contributed by atoms with van der Waals surface area (Å²) >= 11 is 0. The summed E-state index contributed by atoms with van der Waals surface area (Å²) < 4.78 is 0. The quantitative estimate of drug-likeness (QED) is 0.828. The van der Waals surface area contributed by atoms with Gasteiger partial charge in [-0.1, -0.05) is 32.9 Å². The van der Waals surface area contributed by atoms with E-state index >= 15 is 0 Å². The van der Waals surface area contributed by atoms with E-state index in [-0.39, 0.29) is 12.3 Å². The van der Waals surface area contributed by atoms with Crippen molar-refractivity contribution in [2.24, 2.45) is 5.92 Å². The Hall–Kier alpha value is -1.84. The molecule has 0 aromatic heterocycles. The van der Waals surface area contributed by atoms with Crippen LogP contribution in [0.25, 0.3) is 0 Å². The first kappa shape index (κ1) is 15.2. The van der Waals surface area contributed by atoms with E-state index < -0.39 is 11.9 Å². The van der Waals surface area contributed by atoms with Crippen molar-refractivity contribution in [3.05, 3.63) is 29.8 Å². The topological polar surface area (TPSA) is 66.4 Å². The molecule has 2 atom stereocenters. The number of hydrogen-bond donors (Lipinski definition) is 2. The fraction of sp³-hybridized carbons (Fsp3) is 0.467. The number of carboxylic acids is 1. The molecular formula is C15H21NO3. The number of anilines is 1. The van der Waals surface area contributed by atoms with Gasteiger partial charge < -0.3 is 10.4 Å². The molecular weight excluding hydrogens is 242 g/mol. The third-order valence-electron chi connectivity index (χ3n) is 3.29. The minimum atomic E-state index is -0.963. The molecule has 0 bridgehead atoms. The largest absolute Gasteiger partial charge is 0.481 e. The van der Waals surface area contributed by atoms with Gasteiger partial charge in [-0.15, -0.1) is 0 Å². The van der Waals surface area contributed by atoms with E-state index in [2.05, 4.69) is 19.2 Å². The zero-order valence-electron chi connectivity index (χ0n) is 11.6. The fourth-order valence-electron chi connectivity index (χ4n) is 1.75. The Bertz CT molecular complexity index is 439. The molecule has 0 radical (unpaired) electrons. The Balaban J connectivity index is 2.62. The lowest BCUT2D eigenvalue weighted by atomic mass is 9.98. The van der Waals surface area contributed by atoms with Crippen molar-refractivity contribution in [1.82, 2.24) is 0 Å². The molecule has 0 aliphatic heterocycles. The molecule has 4 nitrogen and oxygen atoms in total. The normalized spacial score (nSPS) is 13.6. The molecule has 0 spiro atoms. The number of aliphatic carboxylic acids is 1. The lowest BCUT2D eigenvalue weighted by Gasteiger charge is -2.12. The second-order valence-corrected chi connectivity index (χ2v) is 4.92. The van der Waals surface area contributed by atoms with Gasteiger partial charge in [0.1, 0.15) is 0 Å². The summed E-state index contributed by atoms with van der Waals surface area (Å²) in [5.74, 6) is -1.27. The maximum Gasteiger partial charge on any atom is 0.304 e.